The maximum Gasteiger partial charge on any atom is 0.197 e. The molecule has 5 heteroatoms. The number of allylic oxidation sites excluding steroid dienone is 1. The molecule has 1 aliphatic heterocycles. The van der Waals surface area contributed by atoms with Gasteiger partial charge in [-0.05, 0) is 29.7 Å². The summed E-state index contributed by atoms with van der Waals surface area (Å²) in [4.78, 5) is 8.48. The fraction of sp³-hybridized carbons (Fsp3) is 0.143. The first-order valence-electron chi connectivity index (χ1n) is 8.53. The molecule has 1 aromatic carbocycles. The van der Waals surface area contributed by atoms with E-state index in [1.807, 2.05) is 30.3 Å². The van der Waals surface area contributed by atoms with E-state index in [0.717, 1.165) is 11.1 Å². The van der Waals surface area contributed by atoms with Crippen molar-refractivity contribution in [2.24, 2.45) is 4.99 Å². The van der Waals surface area contributed by atoms with Crippen molar-refractivity contribution >= 4 is 29.6 Å². The first kappa shape index (κ1) is 16.1. The number of benzene rings is 1. The van der Waals surface area contributed by atoms with Crippen LogP contribution in [0.4, 0.5) is 11.7 Å². The van der Waals surface area contributed by atoms with E-state index in [2.05, 4.69) is 34.3 Å². The standard InChI is InChI=1S/C21H19N3O2/c1-14(15-6-3-2-4-7-15)12-23-20-11-18(25)19(26-20)10-16-13-24-21-17(16)8-5-9-22-21/h2-11,13-14,23,25H,12H2,1H3. The summed E-state index contributed by atoms with van der Waals surface area (Å²) in [6.07, 6.45) is 5.21. The molecule has 0 amide bonds. The van der Waals surface area contributed by atoms with Crippen molar-refractivity contribution in [1.82, 2.24) is 4.98 Å². The number of nitrogens with zero attached hydrogens (tertiary/aromatic N) is 2. The van der Waals surface area contributed by atoms with E-state index in [0.29, 0.717) is 29.9 Å². The fourth-order valence-electron chi connectivity index (χ4n) is 2.92. The Balaban J connectivity index is 1.48. The molecule has 4 rings (SSSR count). The lowest BCUT2D eigenvalue weighted by atomic mass is 10.0. The van der Waals surface area contributed by atoms with Crippen LogP contribution in [0.5, 0.6) is 5.75 Å². The van der Waals surface area contributed by atoms with E-state index in [1.54, 1.807) is 24.6 Å². The molecule has 0 spiro atoms. The van der Waals surface area contributed by atoms with Gasteiger partial charge in [-0.1, -0.05) is 37.3 Å². The van der Waals surface area contributed by atoms with Crippen LogP contribution in [0.2, 0.25) is 0 Å². The number of nitrogens with one attached hydrogen (secondary N) is 1. The predicted octanol–water partition coefficient (Wildman–Crippen LogP) is 4.85. The molecule has 2 aromatic heterocycles. The number of aliphatic imine (C=N–C) groups is 1. The van der Waals surface area contributed by atoms with Crippen LogP contribution in [-0.4, -0.2) is 22.8 Å². The molecule has 0 aliphatic carbocycles. The van der Waals surface area contributed by atoms with E-state index in [1.165, 1.54) is 5.56 Å². The van der Waals surface area contributed by atoms with Crippen LogP contribution in [0.1, 0.15) is 29.7 Å². The Hall–Kier alpha value is -3.34. The highest BCUT2D eigenvalue weighted by Gasteiger charge is 2.16. The Morgan fingerprint density at radius 2 is 2.04 bits per heavy atom. The number of hydrogen-bond acceptors (Lipinski definition) is 5. The number of fused-ring (bicyclic) bond motifs is 1. The third-order valence-corrected chi connectivity index (χ3v) is 4.40. The molecule has 0 bridgehead atoms. The van der Waals surface area contributed by atoms with Gasteiger partial charge in [-0.25, -0.2) is 9.98 Å². The maximum absolute atomic E-state index is 10.2. The monoisotopic (exact) mass is 345 g/mol. The smallest absolute Gasteiger partial charge is 0.197 e. The fourth-order valence-corrected chi connectivity index (χ4v) is 2.92. The number of furan rings is 1. The minimum Gasteiger partial charge on any atom is -0.504 e. The zero-order chi connectivity index (χ0) is 17.9. The topological polar surface area (TPSA) is 70.7 Å². The molecule has 0 fully saturated rings. The number of anilines is 1. The van der Waals surface area contributed by atoms with E-state index in [-0.39, 0.29) is 5.75 Å². The Labute approximate surface area is 151 Å². The number of hydrogen-bond donors (Lipinski definition) is 2. The summed E-state index contributed by atoms with van der Waals surface area (Å²) in [7, 11) is 0. The van der Waals surface area contributed by atoms with Gasteiger partial charge in [0.2, 0.25) is 0 Å². The molecular formula is C21H19N3O2. The van der Waals surface area contributed by atoms with Crippen LogP contribution < -0.4 is 5.32 Å². The highest BCUT2D eigenvalue weighted by Crippen LogP contribution is 2.34. The minimum atomic E-state index is 0.0955. The minimum absolute atomic E-state index is 0.0955. The second-order valence-corrected chi connectivity index (χ2v) is 6.29. The molecule has 3 aromatic rings. The molecule has 1 unspecified atom stereocenters. The molecule has 5 nitrogen and oxygen atoms in total. The lowest BCUT2D eigenvalue weighted by Crippen LogP contribution is -2.09. The molecule has 3 heterocycles. The molecule has 1 atom stereocenters. The summed E-state index contributed by atoms with van der Waals surface area (Å²) in [6, 6.07) is 15.7. The molecule has 130 valence electrons. The largest absolute Gasteiger partial charge is 0.504 e. The highest BCUT2D eigenvalue weighted by atomic mass is 16.4. The van der Waals surface area contributed by atoms with Gasteiger partial charge >= 0.3 is 0 Å². The van der Waals surface area contributed by atoms with Crippen LogP contribution in [0.15, 0.2) is 64.1 Å². The molecule has 0 saturated carbocycles. The van der Waals surface area contributed by atoms with Crippen molar-refractivity contribution in [3.8, 4) is 5.75 Å². The maximum atomic E-state index is 10.2. The lowest BCUT2D eigenvalue weighted by molar-refractivity contribution is 0.455. The van der Waals surface area contributed by atoms with Crippen LogP contribution in [0.3, 0.4) is 0 Å². The van der Waals surface area contributed by atoms with Crippen LogP contribution in [0, 0.1) is 0 Å². The second kappa shape index (κ2) is 6.88. The summed E-state index contributed by atoms with van der Waals surface area (Å²) in [6.45, 7) is 2.86. The summed E-state index contributed by atoms with van der Waals surface area (Å²) in [5, 5.41) is 13.4. The van der Waals surface area contributed by atoms with Gasteiger partial charge in [-0.3, -0.25) is 0 Å². The summed E-state index contributed by atoms with van der Waals surface area (Å²) >= 11 is 0. The van der Waals surface area contributed by atoms with Crippen LogP contribution in [0.25, 0.3) is 11.6 Å². The van der Waals surface area contributed by atoms with Crippen molar-refractivity contribution in [1.29, 1.82) is 0 Å². The lowest BCUT2D eigenvalue weighted by Gasteiger charge is -2.12. The van der Waals surface area contributed by atoms with Crippen molar-refractivity contribution in [3.63, 3.8) is 0 Å². The number of pyridine rings is 1. The summed E-state index contributed by atoms with van der Waals surface area (Å²) in [5.41, 5.74) is 3.04. The van der Waals surface area contributed by atoms with Gasteiger partial charge in [0.15, 0.2) is 23.2 Å². The van der Waals surface area contributed by atoms with E-state index >= 15 is 0 Å². The average Bonchev–Trinajstić information content (AvgIpc) is 3.24. The Bertz CT molecular complexity index is 974. The molecule has 2 N–H and O–H groups in total. The Morgan fingerprint density at radius 3 is 2.88 bits per heavy atom. The van der Waals surface area contributed by atoms with E-state index in [9.17, 15) is 5.11 Å². The highest BCUT2D eigenvalue weighted by molar-refractivity contribution is 6.20. The zero-order valence-corrected chi connectivity index (χ0v) is 14.4. The second-order valence-electron chi connectivity index (χ2n) is 6.29. The van der Waals surface area contributed by atoms with Gasteiger partial charge in [0.1, 0.15) is 0 Å². The average molecular weight is 345 g/mol. The van der Waals surface area contributed by atoms with Crippen LogP contribution >= 0.6 is 0 Å². The molecule has 1 aliphatic rings. The van der Waals surface area contributed by atoms with Crippen molar-refractivity contribution in [2.75, 3.05) is 11.9 Å². The third kappa shape index (κ3) is 3.24. The van der Waals surface area contributed by atoms with E-state index < -0.39 is 0 Å². The van der Waals surface area contributed by atoms with Crippen molar-refractivity contribution < 1.29 is 9.52 Å². The Morgan fingerprint density at radius 1 is 1.19 bits per heavy atom. The summed E-state index contributed by atoms with van der Waals surface area (Å²) in [5.74, 6) is 2.04. The van der Waals surface area contributed by atoms with Gasteiger partial charge in [0.05, 0.1) is 0 Å². The zero-order valence-electron chi connectivity index (χ0n) is 14.4. The summed E-state index contributed by atoms with van der Waals surface area (Å²) < 4.78 is 5.76. The molecular weight excluding hydrogens is 326 g/mol. The number of aromatic nitrogens is 1. The predicted molar refractivity (Wildman–Crippen MR) is 104 cm³/mol. The molecule has 0 saturated heterocycles. The van der Waals surface area contributed by atoms with Crippen molar-refractivity contribution in [3.05, 3.63) is 71.6 Å². The van der Waals surface area contributed by atoms with Gasteiger partial charge < -0.3 is 14.8 Å². The molecule has 0 radical (unpaired) electrons. The van der Waals surface area contributed by atoms with Crippen molar-refractivity contribution in [2.45, 2.75) is 12.8 Å². The van der Waals surface area contributed by atoms with Crippen LogP contribution in [-0.2, 0) is 0 Å². The van der Waals surface area contributed by atoms with E-state index in [4.69, 9.17) is 4.42 Å². The quantitative estimate of drug-likeness (QED) is 0.693. The van der Waals surface area contributed by atoms with Gasteiger partial charge in [0, 0.05) is 36.2 Å². The number of aromatic hydroxyl groups is 1. The molecule has 26 heavy (non-hydrogen) atoms. The third-order valence-electron chi connectivity index (χ3n) is 4.40. The van der Waals surface area contributed by atoms with Gasteiger partial charge in [-0.15, -0.1) is 0 Å². The first-order valence-corrected chi connectivity index (χ1v) is 8.53. The Kier molecular flexibility index (Phi) is 4.27. The first-order chi connectivity index (χ1) is 12.7. The number of rotatable bonds is 5. The SMILES string of the molecule is CC(CNc1cc(O)c(C=C2C=Nc3ncccc32)o1)c1ccccc1. The van der Waals surface area contributed by atoms with Gasteiger partial charge in [0.25, 0.3) is 0 Å². The van der Waals surface area contributed by atoms with Gasteiger partial charge in [-0.2, -0.15) is 0 Å². The normalized spacial score (nSPS) is 15.2.